The second-order valence-electron chi connectivity index (χ2n) is 19.7. The number of anilines is 6. The molecule has 69 heavy (non-hydrogen) atoms. The van der Waals surface area contributed by atoms with Gasteiger partial charge in [0.2, 0.25) is 0 Å². The standard InChI is InChI=1S/C66H54N2Si/c1-65(2)61-37-19-17-35-57(61)59-45-51(39-41-63(59)65)67(47-23-9-5-10-24-47)49-27-21-33-55(43-49)69(53-29-13-7-14-30-53,54-31-15-8-16-32-54)56-34-22-28-50(44-56)68(48-25-11-6-12-26-48)52-40-42-64-60(46-52)58-36-18-20-38-62(58)66(64,3)4/h5-46H,1-4H3. The Labute approximate surface area is 408 Å². The Kier molecular flexibility index (Phi) is 10.2. The zero-order chi connectivity index (χ0) is 46.7. The van der Waals surface area contributed by atoms with Crippen molar-refractivity contribution in [3.63, 3.8) is 0 Å². The second kappa shape index (κ2) is 16.7. The van der Waals surface area contributed by atoms with E-state index in [1.807, 2.05) is 0 Å². The zero-order valence-electron chi connectivity index (χ0n) is 39.6. The Morgan fingerprint density at radius 1 is 0.246 bits per heavy atom. The van der Waals surface area contributed by atoms with Gasteiger partial charge in [0.1, 0.15) is 0 Å². The van der Waals surface area contributed by atoms with Gasteiger partial charge in [0.25, 0.3) is 0 Å². The van der Waals surface area contributed by atoms with Crippen LogP contribution in [-0.2, 0) is 10.8 Å². The van der Waals surface area contributed by atoms with Crippen molar-refractivity contribution in [3.8, 4) is 22.3 Å². The van der Waals surface area contributed by atoms with Gasteiger partial charge in [0.15, 0.2) is 8.07 Å². The minimum atomic E-state index is -3.08. The number of hydrogen-bond acceptors (Lipinski definition) is 2. The van der Waals surface area contributed by atoms with Crippen LogP contribution in [0.5, 0.6) is 0 Å². The van der Waals surface area contributed by atoms with E-state index in [4.69, 9.17) is 0 Å². The monoisotopic (exact) mass is 902 g/mol. The molecule has 0 radical (unpaired) electrons. The first-order valence-corrected chi connectivity index (χ1v) is 26.3. The van der Waals surface area contributed by atoms with Crippen LogP contribution < -0.4 is 30.5 Å². The molecule has 0 saturated carbocycles. The Bertz CT molecular complexity index is 3270. The van der Waals surface area contributed by atoms with Crippen molar-refractivity contribution in [2.75, 3.05) is 9.80 Å². The summed E-state index contributed by atoms with van der Waals surface area (Å²) >= 11 is 0. The Morgan fingerprint density at radius 2 is 0.551 bits per heavy atom. The summed E-state index contributed by atoms with van der Waals surface area (Å²) in [5, 5.41) is 5.28. The summed E-state index contributed by atoms with van der Waals surface area (Å²) in [5.41, 5.74) is 17.3. The number of rotatable bonds is 10. The summed E-state index contributed by atoms with van der Waals surface area (Å²) in [6.07, 6.45) is 0. The average Bonchev–Trinajstić information content (AvgIpc) is 3.77. The molecule has 0 heterocycles. The predicted octanol–water partition coefficient (Wildman–Crippen LogP) is 14.6. The lowest BCUT2D eigenvalue weighted by Gasteiger charge is -2.36. The normalized spacial score (nSPS) is 13.7. The molecule has 0 unspecified atom stereocenters. The molecule has 3 heteroatoms. The highest BCUT2D eigenvalue weighted by Gasteiger charge is 2.43. The summed E-state index contributed by atoms with van der Waals surface area (Å²) in [5.74, 6) is 0. The maximum Gasteiger partial charge on any atom is 0.179 e. The fourth-order valence-electron chi connectivity index (χ4n) is 11.9. The van der Waals surface area contributed by atoms with Gasteiger partial charge < -0.3 is 9.80 Å². The molecular weight excluding hydrogens is 849 g/mol. The summed E-state index contributed by atoms with van der Waals surface area (Å²) in [6, 6.07) is 95.3. The number of fused-ring (bicyclic) bond motifs is 6. The molecule has 10 aromatic rings. The maximum absolute atomic E-state index is 3.08. The van der Waals surface area contributed by atoms with Crippen LogP contribution in [0.3, 0.4) is 0 Å². The van der Waals surface area contributed by atoms with Gasteiger partial charge in [-0.1, -0.05) is 210 Å². The van der Waals surface area contributed by atoms with Gasteiger partial charge in [0.05, 0.1) is 0 Å². The highest BCUT2D eigenvalue weighted by molar-refractivity contribution is 7.20. The summed E-state index contributed by atoms with van der Waals surface area (Å²) in [6.45, 7) is 9.42. The van der Waals surface area contributed by atoms with E-state index < -0.39 is 8.07 Å². The molecule has 0 saturated heterocycles. The molecule has 0 amide bonds. The summed E-state index contributed by atoms with van der Waals surface area (Å²) < 4.78 is 0. The molecule has 2 nitrogen and oxygen atoms in total. The lowest BCUT2D eigenvalue weighted by Crippen LogP contribution is -2.74. The third kappa shape index (κ3) is 6.83. The lowest BCUT2D eigenvalue weighted by atomic mass is 9.82. The quantitative estimate of drug-likeness (QED) is 0.0997. The van der Waals surface area contributed by atoms with Crippen LogP contribution in [0.2, 0.25) is 0 Å². The fourth-order valence-corrected chi connectivity index (χ4v) is 16.7. The van der Waals surface area contributed by atoms with Crippen LogP contribution in [0.4, 0.5) is 34.1 Å². The number of benzene rings is 10. The van der Waals surface area contributed by atoms with E-state index in [-0.39, 0.29) is 10.8 Å². The highest BCUT2D eigenvalue weighted by atomic mass is 28.3. The predicted molar refractivity (Wildman–Crippen MR) is 295 cm³/mol. The molecule has 0 aromatic heterocycles. The fraction of sp³-hybridized carbons (Fsp3) is 0.0909. The lowest BCUT2D eigenvalue weighted by molar-refractivity contribution is 0.660. The van der Waals surface area contributed by atoms with Crippen molar-refractivity contribution in [2.24, 2.45) is 0 Å². The van der Waals surface area contributed by atoms with Crippen LogP contribution in [-0.4, -0.2) is 8.07 Å². The van der Waals surface area contributed by atoms with Crippen LogP contribution >= 0.6 is 0 Å². The number of para-hydroxylation sites is 2. The Hall–Kier alpha value is -7.98. The topological polar surface area (TPSA) is 6.48 Å². The Morgan fingerprint density at radius 3 is 0.957 bits per heavy atom. The molecule has 10 aromatic carbocycles. The van der Waals surface area contributed by atoms with Crippen molar-refractivity contribution in [3.05, 3.63) is 277 Å². The smallest absolute Gasteiger partial charge is 0.179 e. The van der Waals surface area contributed by atoms with E-state index in [2.05, 4.69) is 292 Å². The minimum Gasteiger partial charge on any atom is -0.310 e. The van der Waals surface area contributed by atoms with E-state index in [9.17, 15) is 0 Å². The first-order chi connectivity index (χ1) is 33.7. The molecule has 0 aliphatic heterocycles. The van der Waals surface area contributed by atoms with Gasteiger partial charge >= 0.3 is 0 Å². The highest BCUT2D eigenvalue weighted by Crippen LogP contribution is 2.52. The van der Waals surface area contributed by atoms with Crippen LogP contribution in [0.1, 0.15) is 49.9 Å². The van der Waals surface area contributed by atoms with Crippen molar-refractivity contribution >= 4 is 62.9 Å². The third-order valence-electron chi connectivity index (χ3n) is 15.2. The van der Waals surface area contributed by atoms with Gasteiger partial charge in [-0.25, -0.2) is 0 Å². The van der Waals surface area contributed by atoms with Crippen molar-refractivity contribution in [2.45, 2.75) is 38.5 Å². The van der Waals surface area contributed by atoms with Gasteiger partial charge in [-0.2, -0.15) is 0 Å². The van der Waals surface area contributed by atoms with Crippen molar-refractivity contribution < 1.29 is 0 Å². The largest absolute Gasteiger partial charge is 0.310 e. The molecule has 332 valence electrons. The molecule has 12 rings (SSSR count). The van der Waals surface area contributed by atoms with Gasteiger partial charge in [-0.3, -0.25) is 0 Å². The minimum absolute atomic E-state index is 0.0774. The van der Waals surface area contributed by atoms with Crippen molar-refractivity contribution in [1.29, 1.82) is 0 Å². The number of nitrogens with zero attached hydrogens (tertiary/aromatic N) is 2. The van der Waals surface area contributed by atoms with Crippen LogP contribution in [0.25, 0.3) is 22.3 Å². The molecule has 0 bridgehead atoms. The second-order valence-corrected chi connectivity index (χ2v) is 23.5. The molecule has 0 spiro atoms. The molecular formula is C66H54N2Si. The van der Waals surface area contributed by atoms with Gasteiger partial charge in [-0.05, 0) is 138 Å². The van der Waals surface area contributed by atoms with E-state index in [1.165, 1.54) is 65.3 Å². The molecule has 2 aliphatic carbocycles. The first-order valence-electron chi connectivity index (χ1n) is 24.3. The maximum atomic E-state index is 2.49. The van der Waals surface area contributed by atoms with E-state index >= 15 is 0 Å². The zero-order valence-corrected chi connectivity index (χ0v) is 40.6. The van der Waals surface area contributed by atoms with E-state index in [0.717, 1.165) is 34.1 Å². The van der Waals surface area contributed by atoms with Gasteiger partial charge in [-0.15, -0.1) is 0 Å². The van der Waals surface area contributed by atoms with E-state index in [1.54, 1.807) is 0 Å². The van der Waals surface area contributed by atoms with E-state index in [0.29, 0.717) is 0 Å². The Balaban J connectivity index is 1.07. The third-order valence-corrected chi connectivity index (χ3v) is 19.9. The molecule has 0 N–H and O–H groups in total. The summed E-state index contributed by atoms with van der Waals surface area (Å²) in [4.78, 5) is 4.90. The average molecular weight is 903 g/mol. The van der Waals surface area contributed by atoms with Gasteiger partial charge in [0, 0.05) is 45.0 Å². The summed E-state index contributed by atoms with van der Waals surface area (Å²) in [7, 11) is -3.08. The number of hydrogen-bond donors (Lipinski definition) is 0. The van der Waals surface area contributed by atoms with Crippen molar-refractivity contribution in [1.82, 2.24) is 0 Å². The molecule has 2 aliphatic rings. The first kappa shape index (κ1) is 42.4. The van der Waals surface area contributed by atoms with Crippen LogP contribution in [0, 0.1) is 0 Å². The molecule has 0 fully saturated rings. The van der Waals surface area contributed by atoms with Crippen LogP contribution in [0.15, 0.2) is 255 Å². The SMILES string of the molecule is CC1(C)c2ccccc2-c2cc(N(c3ccccc3)c3cccc([Si](c4ccccc4)(c4ccccc4)c4cccc(N(c5ccccc5)c5ccc6c(c5)-c5ccccc5C6(C)C)c4)c3)ccc21. The molecule has 0 atom stereocenters.